The zero-order chi connectivity index (χ0) is 16.6. The fraction of sp³-hybridized carbons (Fsp3) is 0.500. The Hall–Kier alpha value is -1.92. The highest BCUT2D eigenvalue weighted by Crippen LogP contribution is 2.19. The van der Waals surface area contributed by atoms with Gasteiger partial charge in [0.2, 0.25) is 11.8 Å². The molecule has 0 aromatic heterocycles. The molecule has 0 aliphatic carbocycles. The molecule has 0 aliphatic rings. The SMILES string of the molecule is CC(C)(CO)[C@@H](O)C(=O)NCCC(=O)NCc1ccccc1. The van der Waals surface area contributed by atoms with Crippen molar-refractivity contribution in [3.8, 4) is 0 Å². The molecule has 6 nitrogen and oxygen atoms in total. The largest absolute Gasteiger partial charge is 0.396 e. The van der Waals surface area contributed by atoms with Gasteiger partial charge in [-0.05, 0) is 5.56 Å². The van der Waals surface area contributed by atoms with Crippen molar-refractivity contribution in [3.05, 3.63) is 35.9 Å². The molecule has 6 heteroatoms. The molecule has 1 atom stereocenters. The molecule has 0 fully saturated rings. The van der Waals surface area contributed by atoms with Crippen LogP contribution in [0.4, 0.5) is 0 Å². The Morgan fingerprint density at radius 3 is 2.41 bits per heavy atom. The summed E-state index contributed by atoms with van der Waals surface area (Å²) < 4.78 is 0. The Kier molecular flexibility index (Phi) is 7.01. The van der Waals surface area contributed by atoms with Crippen molar-refractivity contribution in [1.82, 2.24) is 10.6 Å². The van der Waals surface area contributed by atoms with Crippen LogP contribution in [-0.2, 0) is 16.1 Å². The maximum atomic E-state index is 11.7. The number of amides is 2. The van der Waals surface area contributed by atoms with Gasteiger partial charge in [-0.1, -0.05) is 44.2 Å². The number of nitrogens with one attached hydrogen (secondary N) is 2. The van der Waals surface area contributed by atoms with Gasteiger partial charge in [0, 0.05) is 24.9 Å². The first-order valence-corrected chi connectivity index (χ1v) is 7.24. The molecular formula is C16H24N2O4. The molecule has 0 radical (unpaired) electrons. The van der Waals surface area contributed by atoms with Gasteiger partial charge in [-0.25, -0.2) is 0 Å². The van der Waals surface area contributed by atoms with E-state index in [1.807, 2.05) is 30.3 Å². The van der Waals surface area contributed by atoms with E-state index in [9.17, 15) is 14.7 Å². The fourth-order valence-electron chi connectivity index (χ4n) is 1.72. The average Bonchev–Trinajstić information content (AvgIpc) is 2.53. The monoisotopic (exact) mass is 308 g/mol. The van der Waals surface area contributed by atoms with E-state index in [1.54, 1.807) is 13.8 Å². The van der Waals surface area contributed by atoms with E-state index in [0.29, 0.717) is 6.54 Å². The zero-order valence-electron chi connectivity index (χ0n) is 13.0. The molecule has 2 amide bonds. The van der Waals surface area contributed by atoms with Crippen LogP contribution in [0.1, 0.15) is 25.8 Å². The van der Waals surface area contributed by atoms with Crippen LogP contribution >= 0.6 is 0 Å². The molecule has 0 saturated carbocycles. The van der Waals surface area contributed by atoms with E-state index in [1.165, 1.54) is 0 Å². The van der Waals surface area contributed by atoms with Crippen molar-refractivity contribution in [2.75, 3.05) is 13.2 Å². The third-order valence-electron chi connectivity index (χ3n) is 3.38. The molecule has 0 unspecified atom stereocenters. The van der Waals surface area contributed by atoms with Crippen molar-refractivity contribution in [1.29, 1.82) is 0 Å². The van der Waals surface area contributed by atoms with Crippen LogP contribution in [0.15, 0.2) is 30.3 Å². The highest BCUT2D eigenvalue weighted by molar-refractivity contribution is 5.82. The number of carbonyl (C=O) groups excluding carboxylic acids is 2. The molecule has 22 heavy (non-hydrogen) atoms. The molecule has 0 aliphatic heterocycles. The minimum absolute atomic E-state index is 0.130. The predicted molar refractivity (Wildman–Crippen MR) is 82.8 cm³/mol. The summed E-state index contributed by atoms with van der Waals surface area (Å²) in [6.07, 6.45) is -1.19. The summed E-state index contributed by atoms with van der Waals surface area (Å²) in [5.74, 6) is -0.769. The summed E-state index contributed by atoms with van der Waals surface area (Å²) in [6.45, 7) is 3.44. The maximum absolute atomic E-state index is 11.7. The second kappa shape index (κ2) is 8.51. The van der Waals surface area contributed by atoms with Gasteiger partial charge in [-0.3, -0.25) is 9.59 Å². The van der Waals surface area contributed by atoms with Gasteiger partial charge in [-0.2, -0.15) is 0 Å². The van der Waals surface area contributed by atoms with Crippen molar-refractivity contribution >= 4 is 11.8 Å². The molecule has 0 bridgehead atoms. The molecular weight excluding hydrogens is 284 g/mol. The number of benzene rings is 1. The number of aliphatic hydroxyl groups excluding tert-OH is 2. The third-order valence-corrected chi connectivity index (χ3v) is 3.38. The quantitative estimate of drug-likeness (QED) is 0.551. The number of carbonyl (C=O) groups is 2. The summed E-state index contributed by atoms with van der Waals surface area (Å²) in [4.78, 5) is 23.4. The third kappa shape index (κ3) is 5.83. The Morgan fingerprint density at radius 1 is 1.18 bits per heavy atom. The normalized spacial score (nSPS) is 12.5. The standard InChI is InChI=1S/C16H24N2O4/c1-16(2,11-19)14(21)15(22)17-9-8-13(20)18-10-12-6-4-3-5-7-12/h3-7,14,19,21H,8-11H2,1-2H3,(H,17,22)(H,18,20)/t14-/m0/s1. The van der Waals surface area contributed by atoms with E-state index >= 15 is 0 Å². The summed E-state index contributed by atoms with van der Waals surface area (Å²) in [5.41, 5.74) is 0.0830. The Morgan fingerprint density at radius 2 is 1.82 bits per heavy atom. The van der Waals surface area contributed by atoms with Gasteiger partial charge in [0.15, 0.2) is 0 Å². The van der Waals surface area contributed by atoms with Crippen LogP contribution in [0.25, 0.3) is 0 Å². The second-order valence-electron chi connectivity index (χ2n) is 5.85. The van der Waals surface area contributed by atoms with E-state index < -0.39 is 17.4 Å². The van der Waals surface area contributed by atoms with Gasteiger partial charge >= 0.3 is 0 Å². The lowest BCUT2D eigenvalue weighted by Crippen LogP contribution is -2.46. The molecule has 1 aromatic carbocycles. The lowest BCUT2D eigenvalue weighted by Gasteiger charge is -2.27. The molecule has 122 valence electrons. The fourth-order valence-corrected chi connectivity index (χ4v) is 1.72. The highest BCUT2D eigenvalue weighted by Gasteiger charge is 2.32. The van der Waals surface area contributed by atoms with E-state index in [-0.39, 0.29) is 25.5 Å². The number of rotatable bonds is 8. The summed E-state index contributed by atoms with van der Waals surface area (Å²) >= 11 is 0. The first kappa shape index (κ1) is 18.1. The molecule has 4 N–H and O–H groups in total. The molecule has 1 aromatic rings. The summed E-state index contributed by atoms with van der Waals surface area (Å²) in [7, 11) is 0. The van der Waals surface area contributed by atoms with Gasteiger partial charge < -0.3 is 20.8 Å². The van der Waals surface area contributed by atoms with Gasteiger partial charge in [-0.15, -0.1) is 0 Å². The highest BCUT2D eigenvalue weighted by atomic mass is 16.3. The Bertz CT molecular complexity index is 488. The van der Waals surface area contributed by atoms with Crippen molar-refractivity contribution < 1.29 is 19.8 Å². The van der Waals surface area contributed by atoms with E-state index in [4.69, 9.17) is 5.11 Å². The first-order chi connectivity index (χ1) is 10.4. The predicted octanol–water partition coefficient (Wildman–Crippen LogP) is 0.189. The van der Waals surface area contributed by atoms with Crippen molar-refractivity contribution in [3.63, 3.8) is 0 Å². The van der Waals surface area contributed by atoms with Gasteiger partial charge in [0.25, 0.3) is 0 Å². The zero-order valence-corrected chi connectivity index (χ0v) is 13.0. The summed E-state index contributed by atoms with van der Waals surface area (Å²) in [5, 5.41) is 24.1. The first-order valence-electron chi connectivity index (χ1n) is 7.24. The average molecular weight is 308 g/mol. The van der Waals surface area contributed by atoms with Gasteiger partial charge in [0.05, 0.1) is 6.61 Å². The molecule has 1 rings (SSSR count). The molecule has 0 saturated heterocycles. The van der Waals surface area contributed by atoms with Crippen LogP contribution in [0.2, 0.25) is 0 Å². The van der Waals surface area contributed by atoms with Crippen LogP contribution in [0, 0.1) is 5.41 Å². The minimum atomic E-state index is -1.31. The smallest absolute Gasteiger partial charge is 0.249 e. The lowest BCUT2D eigenvalue weighted by molar-refractivity contribution is -0.137. The van der Waals surface area contributed by atoms with E-state index in [0.717, 1.165) is 5.56 Å². The minimum Gasteiger partial charge on any atom is -0.396 e. The number of aliphatic hydroxyl groups is 2. The van der Waals surface area contributed by atoms with Crippen LogP contribution in [-0.4, -0.2) is 41.3 Å². The van der Waals surface area contributed by atoms with Crippen LogP contribution < -0.4 is 10.6 Å². The lowest BCUT2D eigenvalue weighted by atomic mass is 9.87. The number of hydrogen-bond acceptors (Lipinski definition) is 4. The number of hydrogen-bond donors (Lipinski definition) is 4. The van der Waals surface area contributed by atoms with Crippen LogP contribution in [0.5, 0.6) is 0 Å². The van der Waals surface area contributed by atoms with Crippen molar-refractivity contribution in [2.24, 2.45) is 5.41 Å². The second-order valence-corrected chi connectivity index (χ2v) is 5.85. The maximum Gasteiger partial charge on any atom is 0.249 e. The molecule has 0 spiro atoms. The van der Waals surface area contributed by atoms with Crippen LogP contribution in [0.3, 0.4) is 0 Å². The summed E-state index contributed by atoms with van der Waals surface area (Å²) in [6, 6.07) is 9.52. The Balaban J connectivity index is 2.26. The Labute approximate surface area is 130 Å². The van der Waals surface area contributed by atoms with Gasteiger partial charge in [0.1, 0.15) is 6.10 Å². The molecule has 0 heterocycles. The topological polar surface area (TPSA) is 98.7 Å². The van der Waals surface area contributed by atoms with Crippen molar-refractivity contribution in [2.45, 2.75) is 32.9 Å². The van der Waals surface area contributed by atoms with E-state index in [2.05, 4.69) is 10.6 Å².